The molecule has 0 saturated heterocycles. The van der Waals surface area contributed by atoms with Crippen LogP contribution < -0.4 is 5.32 Å². The van der Waals surface area contributed by atoms with Crippen molar-refractivity contribution < 1.29 is 14.3 Å². The van der Waals surface area contributed by atoms with Crippen molar-refractivity contribution in [1.82, 2.24) is 0 Å². The molecular weight excluding hydrogens is 361 g/mol. The smallest absolute Gasteiger partial charge is 0.310 e. The Bertz CT molecular complexity index is 775. The van der Waals surface area contributed by atoms with Crippen LogP contribution in [0.25, 0.3) is 0 Å². The second kappa shape index (κ2) is 8.37. The molecule has 1 N–H and O–H groups in total. The number of amides is 1. The topological polar surface area (TPSA) is 55.4 Å². The number of anilines is 1. The average molecular weight is 380 g/mol. The first-order chi connectivity index (χ1) is 11.8. The molecule has 1 amide bonds. The SMILES string of the molecule is Cc1cc(C)c(NC(=O)COC(=O)Cc2c(Cl)cccc2Cl)c(C)c1. The maximum absolute atomic E-state index is 12.1. The second-order valence-corrected chi connectivity index (χ2v) is 6.67. The first kappa shape index (κ1) is 19.3. The van der Waals surface area contributed by atoms with Crippen LogP contribution >= 0.6 is 23.2 Å². The quantitative estimate of drug-likeness (QED) is 0.769. The van der Waals surface area contributed by atoms with Crippen molar-refractivity contribution in [3.63, 3.8) is 0 Å². The molecule has 0 aliphatic heterocycles. The average Bonchev–Trinajstić information content (AvgIpc) is 2.52. The van der Waals surface area contributed by atoms with E-state index in [4.69, 9.17) is 27.9 Å². The number of benzene rings is 2. The van der Waals surface area contributed by atoms with E-state index in [1.807, 2.05) is 32.9 Å². The third-order valence-corrected chi connectivity index (χ3v) is 4.40. The number of rotatable bonds is 5. The van der Waals surface area contributed by atoms with Crippen molar-refractivity contribution in [2.24, 2.45) is 0 Å². The van der Waals surface area contributed by atoms with Crippen LogP contribution in [0.3, 0.4) is 0 Å². The third kappa shape index (κ3) is 5.21. The Labute approximate surface area is 157 Å². The molecule has 0 bridgehead atoms. The molecule has 0 atom stereocenters. The summed E-state index contributed by atoms with van der Waals surface area (Å²) in [5, 5.41) is 3.56. The Hall–Kier alpha value is -2.04. The predicted molar refractivity (Wildman–Crippen MR) is 100 cm³/mol. The van der Waals surface area contributed by atoms with Crippen molar-refractivity contribution in [1.29, 1.82) is 0 Å². The molecule has 6 heteroatoms. The first-order valence-corrected chi connectivity index (χ1v) is 8.49. The van der Waals surface area contributed by atoms with Crippen LogP contribution in [0.4, 0.5) is 5.69 Å². The molecule has 2 aromatic carbocycles. The number of ether oxygens (including phenoxy) is 1. The van der Waals surface area contributed by atoms with Crippen molar-refractivity contribution in [2.45, 2.75) is 27.2 Å². The molecule has 0 aliphatic rings. The first-order valence-electron chi connectivity index (χ1n) is 7.74. The Balaban J connectivity index is 1.93. The van der Waals surface area contributed by atoms with E-state index in [2.05, 4.69) is 5.32 Å². The number of carbonyl (C=O) groups excluding carboxylic acids is 2. The van der Waals surface area contributed by atoms with Crippen LogP contribution in [-0.2, 0) is 20.7 Å². The van der Waals surface area contributed by atoms with Crippen LogP contribution in [0.2, 0.25) is 10.0 Å². The van der Waals surface area contributed by atoms with Gasteiger partial charge in [-0.1, -0.05) is 47.0 Å². The molecule has 0 heterocycles. The number of nitrogens with one attached hydrogen (secondary N) is 1. The Morgan fingerprint density at radius 2 is 1.60 bits per heavy atom. The molecule has 25 heavy (non-hydrogen) atoms. The number of carbonyl (C=O) groups is 2. The number of aryl methyl sites for hydroxylation is 3. The van der Waals surface area contributed by atoms with Crippen LogP contribution in [0.5, 0.6) is 0 Å². The fourth-order valence-electron chi connectivity index (χ4n) is 2.60. The van der Waals surface area contributed by atoms with Crippen LogP contribution in [-0.4, -0.2) is 18.5 Å². The van der Waals surface area contributed by atoms with Gasteiger partial charge in [0, 0.05) is 21.3 Å². The Morgan fingerprint density at radius 1 is 1.04 bits per heavy atom. The molecule has 0 aliphatic carbocycles. The van der Waals surface area contributed by atoms with Crippen molar-refractivity contribution in [2.75, 3.05) is 11.9 Å². The molecule has 0 spiro atoms. The molecule has 2 aromatic rings. The Morgan fingerprint density at radius 3 is 2.16 bits per heavy atom. The van der Waals surface area contributed by atoms with Gasteiger partial charge in [-0.15, -0.1) is 0 Å². The van der Waals surface area contributed by atoms with E-state index in [1.165, 1.54) is 0 Å². The molecule has 4 nitrogen and oxygen atoms in total. The van der Waals surface area contributed by atoms with Gasteiger partial charge in [0.2, 0.25) is 0 Å². The number of halogens is 2. The van der Waals surface area contributed by atoms with Crippen molar-refractivity contribution >= 4 is 40.8 Å². The molecule has 0 unspecified atom stereocenters. The summed E-state index contributed by atoms with van der Waals surface area (Å²) < 4.78 is 5.03. The summed E-state index contributed by atoms with van der Waals surface area (Å²) in [5.74, 6) is -0.962. The molecule has 0 saturated carbocycles. The highest BCUT2D eigenvalue weighted by Gasteiger charge is 2.14. The number of esters is 1. The standard InChI is InChI=1S/C19H19Cl2NO3/c1-11-7-12(2)19(13(3)8-11)22-17(23)10-25-18(24)9-14-15(20)5-4-6-16(14)21/h4-8H,9-10H2,1-3H3,(H,22,23). The van der Waals surface area contributed by atoms with Gasteiger partial charge in [0.15, 0.2) is 6.61 Å². The van der Waals surface area contributed by atoms with E-state index >= 15 is 0 Å². The highest BCUT2D eigenvalue weighted by Crippen LogP contribution is 2.25. The zero-order chi connectivity index (χ0) is 18.6. The zero-order valence-corrected chi connectivity index (χ0v) is 15.8. The van der Waals surface area contributed by atoms with Gasteiger partial charge in [0.05, 0.1) is 6.42 Å². The monoisotopic (exact) mass is 379 g/mol. The Kier molecular flexibility index (Phi) is 6.45. The zero-order valence-electron chi connectivity index (χ0n) is 14.3. The van der Waals surface area contributed by atoms with E-state index in [0.29, 0.717) is 15.6 Å². The minimum absolute atomic E-state index is 0.0889. The van der Waals surface area contributed by atoms with Crippen molar-refractivity contribution in [3.8, 4) is 0 Å². The molecule has 132 valence electrons. The fraction of sp³-hybridized carbons (Fsp3) is 0.263. The predicted octanol–water partition coefficient (Wildman–Crippen LogP) is 4.64. The van der Waals surface area contributed by atoms with Gasteiger partial charge in [-0.2, -0.15) is 0 Å². The van der Waals surface area contributed by atoms with Crippen LogP contribution in [0.1, 0.15) is 22.3 Å². The maximum Gasteiger partial charge on any atom is 0.310 e. The van der Waals surface area contributed by atoms with Gasteiger partial charge in [-0.25, -0.2) is 0 Å². The molecule has 2 rings (SSSR count). The van der Waals surface area contributed by atoms with Gasteiger partial charge >= 0.3 is 5.97 Å². The lowest BCUT2D eigenvalue weighted by molar-refractivity contribution is -0.146. The molecule has 0 aromatic heterocycles. The van der Waals surface area contributed by atoms with Crippen molar-refractivity contribution in [3.05, 3.63) is 62.6 Å². The molecular formula is C19H19Cl2NO3. The lowest BCUT2D eigenvalue weighted by Gasteiger charge is -2.13. The lowest BCUT2D eigenvalue weighted by Crippen LogP contribution is -2.22. The summed E-state index contributed by atoms with van der Waals surface area (Å²) >= 11 is 12.0. The van der Waals surface area contributed by atoms with E-state index < -0.39 is 11.9 Å². The summed E-state index contributed by atoms with van der Waals surface area (Å²) in [6.07, 6.45) is -0.0889. The lowest BCUT2D eigenvalue weighted by atomic mass is 10.1. The van der Waals surface area contributed by atoms with Gasteiger partial charge in [0.1, 0.15) is 0 Å². The minimum atomic E-state index is -0.567. The summed E-state index contributed by atoms with van der Waals surface area (Å²) in [5.41, 5.74) is 4.26. The van der Waals surface area contributed by atoms with E-state index in [9.17, 15) is 9.59 Å². The van der Waals surface area contributed by atoms with Gasteiger partial charge in [-0.05, 0) is 44.0 Å². The van der Waals surface area contributed by atoms with E-state index in [0.717, 1.165) is 22.4 Å². The summed E-state index contributed by atoms with van der Waals surface area (Å²) in [6.45, 7) is 5.46. The molecule has 0 radical (unpaired) electrons. The van der Waals surface area contributed by atoms with E-state index in [-0.39, 0.29) is 13.0 Å². The maximum atomic E-state index is 12.1. The minimum Gasteiger partial charge on any atom is -0.455 e. The molecule has 0 fully saturated rings. The number of hydrogen-bond donors (Lipinski definition) is 1. The van der Waals surface area contributed by atoms with Crippen LogP contribution in [0, 0.1) is 20.8 Å². The van der Waals surface area contributed by atoms with Gasteiger partial charge in [0.25, 0.3) is 5.91 Å². The fourth-order valence-corrected chi connectivity index (χ4v) is 3.13. The number of hydrogen-bond acceptors (Lipinski definition) is 3. The van der Waals surface area contributed by atoms with Crippen LogP contribution in [0.15, 0.2) is 30.3 Å². The highest BCUT2D eigenvalue weighted by atomic mass is 35.5. The normalized spacial score (nSPS) is 10.4. The summed E-state index contributed by atoms with van der Waals surface area (Å²) in [6, 6.07) is 8.94. The van der Waals surface area contributed by atoms with Gasteiger partial charge in [-0.3, -0.25) is 9.59 Å². The third-order valence-electron chi connectivity index (χ3n) is 3.69. The second-order valence-electron chi connectivity index (χ2n) is 5.86. The summed E-state index contributed by atoms with van der Waals surface area (Å²) in [4.78, 5) is 24.0. The van der Waals surface area contributed by atoms with E-state index in [1.54, 1.807) is 18.2 Å². The highest BCUT2D eigenvalue weighted by molar-refractivity contribution is 6.36. The summed E-state index contributed by atoms with van der Waals surface area (Å²) in [7, 11) is 0. The van der Waals surface area contributed by atoms with Gasteiger partial charge < -0.3 is 10.1 Å². The largest absolute Gasteiger partial charge is 0.455 e.